The summed E-state index contributed by atoms with van der Waals surface area (Å²) in [6.07, 6.45) is -0.586. The molecule has 3 rings (SSSR count). The minimum absolute atomic E-state index is 0.159. The largest absolute Gasteiger partial charge is 0.481 e. The summed E-state index contributed by atoms with van der Waals surface area (Å²) in [6.45, 7) is 8.07. The Morgan fingerprint density at radius 3 is 2.71 bits per heavy atom. The number of carbonyl (C=O) groups excluding carboxylic acids is 1. The van der Waals surface area contributed by atoms with Gasteiger partial charge in [0.2, 0.25) is 0 Å². The lowest BCUT2D eigenvalue weighted by atomic mass is 10.1. The van der Waals surface area contributed by atoms with Crippen molar-refractivity contribution >= 4 is 28.8 Å². The van der Waals surface area contributed by atoms with Gasteiger partial charge in [-0.05, 0) is 51.0 Å². The first-order valence-electron chi connectivity index (χ1n) is 9.08. The average molecular weight is 415 g/mol. The van der Waals surface area contributed by atoms with Gasteiger partial charge in [-0.25, -0.2) is 4.98 Å². The highest BCUT2D eigenvalue weighted by atomic mass is 35.5. The van der Waals surface area contributed by atoms with Crippen LogP contribution < -0.4 is 10.1 Å². The van der Waals surface area contributed by atoms with E-state index in [4.69, 9.17) is 16.3 Å². The number of ether oxygens (including phenoxy) is 1. The highest BCUT2D eigenvalue weighted by Crippen LogP contribution is 2.32. The van der Waals surface area contributed by atoms with Gasteiger partial charge in [-0.1, -0.05) is 41.9 Å². The van der Waals surface area contributed by atoms with Gasteiger partial charge in [-0.15, -0.1) is 11.3 Å². The summed E-state index contributed by atoms with van der Waals surface area (Å²) in [7, 11) is 0. The van der Waals surface area contributed by atoms with Crippen LogP contribution in [0.5, 0.6) is 5.75 Å². The first-order valence-corrected chi connectivity index (χ1v) is 10.3. The molecule has 0 fully saturated rings. The number of hydrogen-bond donors (Lipinski definition) is 1. The van der Waals surface area contributed by atoms with Crippen LogP contribution >= 0.6 is 22.9 Å². The molecule has 4 nitrogen and oxygen atoms in total. The van der Waals surface area contributed by atoms with Crippen molar-refractivity contribution in [1.82, 2.24) is 10.3 Å². The first-order chi connectivity index (χ1) is 13.3. The molecule has 0 aliphatic rings. The topological polar surface area (TPSA) is 51.2 Å². The lowest BCUT2D eigenvalue weighted by Crippen LogP contribution is -2.36. The number of hydrogen-bond acceptors (Lipinski definition) is 4. The normalized spacial score (nSPS) is 11.9. The smallest absolute Gasteiger partial charge is 0.261 e. The fourth-order valence-electron chi connectivity index (χ4n) is 2.73. The van der Waals surface area contributed by atoms with E-state index in [0.717, 1.165) is 38.0 Å². The number of nitrogens with zero attached hydrogens (tertiary/aromatic N) is 1. The van der Waals surface area contributed by atoms with Crippen molar-refractivity contribution in [3.8, 4) is 16.3 Å². The molecule has 1 atom stereocenters. The van der Waals surface area contributed by atoms with Crippen LogP contribution in [-0.2, 0) is 11.3 Å². The molecule has 1 unspecified atom stereocenters. The van der Waals surface area contributed by atoms with Crippen molar-refractivity contribution in [2.45, 2.75) is 40.3 Å². The number of aryl methyl sites for hydroxylation is 3. The summed E-state index contributed by atoms with van der Waals surface area (Å²) in [6, 6.07) is 13.6. The second kappa shape index (κ2) is 8.76. The predicted octanol–water partition coefficient (Wildman–Crippen LogP) is 5.47. The van der Waals surface area contributed by atoms with Gasteiger partial charge in [0.15, 0.2) is 6.10 Å². The van der Waals surface area contributed by atoms with Crippen LogP contribution in [0, 0.1) is 20.8 Å². The third-order valence-corrected chi connectivity index (χ3v) is 5.96. The monoisotopic (exact) mass is 414 g/mol. The van der Waals surface area contributed by atoms with Gasteiger partial charge < -0.3 is 10.1 Å². The first kappa shape index (κ1) is 20.4. The second-order valence-electron chi connectivity index (χ2n) is 6.75. The van der Waals surface area contributed by atoms with Crippen LogP contribution in [-0.4, -0.2) is 17.0 Å². The van der Waals surface area contributed by atoms with Crippen molar-refractivity contribution in [3.63, 3.8) is 0 Å². The van der Waals surface area contributed by atoms with Crippen LogP contribution in [0.1, 0.15) is 28.6 Å². The zero-order valence-corrected chi connectivity index (χ0v) is 17.9. The molecule has 0 aliphatic heterocycles. The van der Waals surface area contributed by atoms with Crippen molar-refractivity contribution < 1.29 is 9.53 Å². The molecule has 0 radical (unpaired) electrons. The van der Waals surface area contributed by atoms with E-state index < -0.39 is 6.10 Å². The molecule has 1 amide bonds. The SMILES string of the molecule is Cc1ccc(C)c(OC(C)C(=O)NCc2sc(-c3ccccc3Cl)nc2C)c1. The molecule has 1 aromatic heterocycles. The molecular weight excluding hydrogens is 392 g/mol. The van der Waals surface area contributed by atoms with E-state index in [2.05, 4.69) is 10.3 Å². The third kappa shape index (κ3) is 4.72. The minimum Gasteiger partial charge on any atom is -0.481 e. The van der Waals surface area contributed by atoms with Crippen LogP contribution in [0.2, 0.25) is 5.02 Å². The van der Waals surface area contributed by atoms with E-state index in [-0.39, 0.29) is 5.91 Å². The second-order valence-corrected chi connectivity index (χ2v) is 8.25. The van der Waals surface area contributed by atoms with Gasteiger partial charge in [0, 0.05) is 10.4 Å². The van der Waals surface area contributed by atoms with Gasteiger partial charge in [-0.2, -0.15) is 0 Å². The van der Waals surface area contributed by atoms with Crippen LogP contribution in [0.25, 0.3) is 10.6 Å². The van der Waals surface area contributed by atoms with Gasteiger partial charge >= 0.3 is 0 Å². The molecule has 0 saturated carbocycles. The zero-order valence-electron chi connectivity index (χ0n) is 16.4. The number of nitrogens with one attached hydrogen (secondary N) is 1. The molecule has 3 aromatic rings. The Balaban J connectivity index is 1.64. The number of benzene rings is 2. The summed E-state index contributed by atoms with van der Waals surface area (Å²) >= 11 is 7.81. The predicted molar refractivity (Wildman–Crippen MR) is 115 cm³/mol. The molecule has 0 saturated heterocycles. The summed E-state index contributed by atoms with van der Waals surface area (Å²) in [5, 5.41) is 4.47. The molecule has 0 bridgehead atoms. The van der Waals surface area contributed by atoms with E-state index in [1.807, 2.05) is 63.2 Å². The van der Waals surface area contributed by atoms with Gasteiger partial charge in [-0.3, -0.25) is 4.79 Å². The fourth-order valence-corrected chi connectivity index (χ4v) is 4.05. The minimum atomic E-state index is -0.586. The van der Waals surface area contributed by atoms with Gasteiger partial charge in [0.05, 0.1) is 17.3 Å². The number of amides is 1. The molecule has 0 aliphatic carbocycles. The van der Waals surface area contributed by atoms with Crippen LogP contribution in [0.15, 0.2) is 42.5 Å². The van der Waals surface area contributed by atoms with Gasteiger partial charge in [0.25, 0.3) is 5.91 Å². The molecule has 2 aromatic carbocycles. The molecular formula is C22H23ClN2O2S. The quantitative estimate of drug-likeness (QED) is 0.581. The lowest BCUT2D eigenvalue weighted by Gasteiger charge is -2.16. The number of halogens is 1. The van der Waals surface area contributed by atoms with E-state index in [1.54, 1.807) is 6.92 Å². The summed E-state index contributed by atoms with van der Waals surface area (Å²) < 4.78 is 5.85. The van der Waals surface area contributed by atoms with Crippen LogP contribution in [0.3, 0.4) is 0 Å². The van der Waals surface area contributed by atoms with E-state index >= 15 is 0 Å². The highest BCUT2D eigenvalue weighted by Gasteiger charge is 2.17. The van der Waals surface area contributed by atoms with Crippen LogP contribution in [0.4, 0.5) is 0 Å². The fraction of sp³-hybridized carbons (Fsp3) is 0.273. The number of thiazole rings is 1. The lowest BCUT2D eigenvalue weighted by molar-refractivity contribution is -0.127. The van der Waals surface area contributed by atoms with Crippen molar-refractivity contribution in [2.75, 3.05) is 0 Å². The Morgan fingerprint density at radius 1 is 1.21 bits per heavy atom. The Bertz CT molecular complexity index is 1000. The number of carbonyl (C=O) groups is 1. The molecule has 6 heteroatoms. The standard InChI is InChI=1S/C22H23ClN2O2S/c1-13-9-10-14(2)19(11-13)27-16(4)21(26)24-12-20-15(3)25-22(28-20)17-7-5-6-8-18(17)23/h5-11,16H,12H2,1-4H3,(H,24,26). The van der Waals surface area contributed by atoms with E-state index in [9.17, 15) is 4.79 Å². The maximum atomic E-state index is 12.5. The van der Waals surface area contributed by atoms with E-state index in [0.29, 0.717) is 11.6 Å². The Labute approximate surface area is 174 Å². The Morgan fingerprint density at radius 2 is 1.96 bits per heavy atom. The average Bonchev–Trinajstić information content (AvgIpc) is 3.03. The summed E-state index contributed by atoms with van der Waals surface area (Å²) in [4.78, 5) is 18.1. The van der Waals surface area contributed by atoms with E-state index in [1.165, 1.54) is 11.3 Å². The molecule has 146 valence electrons. The molecule has 0 spiro atoms. The maximum absolute atomic E-state index is 12.5. The molecule has 28 heavy (non-hydrogen) atoms. The van der Waals surface area contributed by atoms with Gasteiger partial charge in [0.1, 0.15) is 10.8 Å². The van der Waals surface area contributed by atoms with Crippen molar-refractivity contribution in [1.29, 1.82) is 0 Å². The van der Waals surface area contributed by atoms with Crippen molar-refractivity contribution in [3.05, 3.63) is 69.2 Å². The Kier molecular flexibility index (Phi) is 6.37. The number of aromatic nitrogens is 1. The zero-order chi connectivity index (χ0) is 20.3. The molecule has 1 N–H and O–H groups in total. The number of rotatable bonds is 6. The highest BCUT2D eigenvalue weighted by molar-refractivity contribution is 7.15. The van der Waals surface area contributed by atoms with Crippen molar-refractivity contribution in [2.24, 2.45) is 0 Å². The molecule has 1 heterocycles. The third-order valence-electron chi connectivity index (χ3n) is 4.44. The maximum Gasteiger partial charge on any atom is 0.261 e. The summed E-state index contributed by atoms with van der Waals surface area (Å²) in [5.74, 6) is 0.575. The Hall–Kier alpha value is -2.37. The summed E-state index contributed by atoms with van der Waals surface area (Å²) in [5.41, 5.74) is 3.90.